The van der Waals surface area contributed by atoms with Gasteiger partial charge in [-0.05, 0) is 52.3 Å². The molecule has 0 aromatic heterocycles. The molecule has 0 saturated carbocycles. The van der Waals surface area contributed by atoms with E-state index in [0.717, 1.165) is 6.07 Å². The molecule has 0 heterocycles. The summed E-state index contributed by atoms with van der Waals surface area (Å²) < 4.78 is 13.6. The molecule has 0 aliphatic rings. The molecule has 108 valence electrons. The van der Waals surface area contributed by atoms with Crippen LogP contribution in [0, 0.1) is 5.82 Å². The average molecular weight is 373 g/mol. The first kappa shape index (κ1) is 15.5. The third kappa shape index (κ3) is 3.59. The highest BCUT2D eigenvalue weighted by Crippen LogP contribution is 2.25. The van der Waals surface area contributed by atoms with Crippen LogP contribution in [0.15, 0.2) is 40.9 Å². The molecule has 0 fully saturated rings. The van der Waals surface area contributed by atoms with E-state index in [-0.39, 0.29) is 21.8 Å². The van der Waals surface area contributed by atoms with Gasteiger partial charge in [0.25, 0.3) is 5.91 Å². The van der Waals surface area contributed by atoms with Gasteiger partial charge in [0.1, 0.15) is 5.82 Å². The number of anilines is 1. The highest BCUT2D eigenvalue weighted by atomic mass is 79.9. The van der Waals surface area contributed by atoms with Crippen molar-refractivity contribution in [3.05, 3.63) is 62.8 Å². The van der Waals surface area contributed by atoms with E-state index in [4.69, 9.17) is 16.7 Å². The maximum Gasteiger partial charge on any atom is 0.335 e. The van der Waals surface area contributed by atoms with Crippen molar-refractivity contribution in [2.45, 2.75) is 0 Å². The number of nitrogens with one attached hydrogen (secondary N) is 1. The van der Waals surface area contributed by atoms with Crippen molar-refractivity contribution in [3.63, 3.8) is 0 Å². The zero-order valence-corrected chi connectivity index (χ0v) is 12.7. The molecule has 0 aliphatic heterocycles. The Morgan fingerprint density at radius 1 is 1.19 bits per heavy atom. The second-order valence-electron chi connectivity index (χ2n) is 4.08. The van der Waals surface area contributed by atoms with Crippen molar-refractivity contribution in [2.75, 3.05) is 5.32 Å². The fraction of sp³-hybridized carbons (Fsp3) is 0. The number of carbonyl (C=O) groups is 2. The van der Waals surface area contributed by atoms with Gasteiger partial charge in [-0.1, -0.05) is 11.6 Å². The molecule has 0 aliphatic carbocycles. The number of hydrogen-bond acceptors (Lipinski definition) is 2. The summed E-state index contributed by atoms with van der Waals surface area (Å²) >= 11 is 9.06. The van der Waals surface area contributed by atoms with Gasteiger partial charge in [0.05, 0.1) is 21.8 Å². The molecule has 7 heteroatoms. The first-order valence-electron chi connectivity index (χ1n) is 5.67. The van der Waals surface area contributed by atoms with Gasteiger partial charge in [0.15, 0.2) is 0 Å². The Balaban J connectivity index is 2.33. The summed E-state index contributed by atoms with van der Waals surface area (Å²) in [6.07, 6.45) is 0. The Bertz CT molecular complexity index is 736. The van der Waals surface area contributed by atoms with Gasteiger partial charge in [-0.25, -0.2) is 9.18 Å². The Hall–Kier alpha value is -1.92. The molecule has 4 nitrogen and oxygen atoms in total. The number of carboxylic acid groups (broad SMARTS) is 1. The fourth-order valence-corrected chi connectivity index (χ4v) is 2.21. The summed E-state index contributed by atoms with van der Waals surface area (Å²) in [6, 6.07) is 7.59. The van der Waals surface area contributed by atoms with Crippen LogP contribution < -0.4 is 5.32 Å². The number of carboxylic acids is 1. The number of benzene rings is 2. The van der Waals surface area contributed by atoms with Gasteiger partial charge in [-0.15, -0.1) is 0 Å². The van der Waals surface area contributed by atoms with Gasteiger partial charge in [-0.2, -0.15) is 0 Å². The molecule has 0 radical (unpaired) electrons. The molecule has 2 aromatic rings. The lowest BCUT2D eigenvalue weighted by molar-refractivity contribution is 0.0696. The Labute approximate surface area is 132 Å². The third-order valence-electron chi connectivity index (χ3n) is 2.63. The van der Waals surface area contributed by atoms with Crippen molar-refractivity contribution in [2.24, 2.45) is 0 Å². The predicted molar refractivity (Wildman–Crippen MR) is 80.5 cm³/mol. The highest BCUT2D eigenvalue weighted by molar-refractivity contribution is 9.10. The van der Waals surface area contributed by atoms with Crippen molar-refractivity contribution in [3.8, 4) is 0 Å². The SMILES string of the molecule is O=C(O)c1ccc(Cl)c(NC(=O)c2cc(F)ccc2Br)c1. The molecule has 0 unspecified atom stereocenters. The molecule has 21 heavy (non-hydrogen) atoms. The number of rotatable bonds is 3. The standard InChI is InChI=1S/C14H8BrClFNO3/c15-10-3-2-8(17)6-9(10)13(19)18-12-5-7(14(20)21)1-4-11(12)16/h1-6H,(H,18,19)(H,20,21). The number of hydrogen-bond donors (Lipinski definition) is 2. The van der Waals surface area contributed by atoms with Gasteiger partial charge >= 0.3 is 5.97 Å². The Morgan fingerprint density at radius 2 is 1.90 bits per heavy atom. The van der Waals surface area contributed by atoms with Crippen molar-refractivity contribution in [1.82, 2.24) is 0 Å². The summed E-state index contributed by atoms with van der Waals surface area (Å²) in [5.74, 6) is -2.31. The normalized spacial score (nSPS) is 10.2. The molecular weight excluding hydrogens is 365 g/mol. The lowest BCUT2D eigenvalue weighted by Crippen LogP contribution is -2.14. The Kier molecular flexibility index (Phi) is 4.59. The van der Waals surface area contributed by atoms with E-state index in [2.05, 4.69) is 21.2 Å². The van der Waals surface area contributed by atoms with Gasteiger partial charge in [0.2, 0.25) is 0 Å². The van der Waals surface area contributed by atoms with Crippen molar-refractivity contribution in [1.29, 1.82) is 0 Å². The van der Waals surface area contributed by atoms with E-state index in [1.54, 1.807) is 0 Å². The second-order valence-corrected chi connectivity index (χ2v) is 5.34. The van der Waals surface area contributed by atoms with E-state index in [0.29, 0.717) is 4.47 Å². The first-order chi connectivity index (χ1) is 9.88. The minimum atomic E-state index is -1.14. The molecule has 0 bridgehead atoms. The first-order valence-corrected chi connectivity index (χ1v) is 6.85. The second kappa shape index (κ2) is 6.24. The largest absolute Gasteiger partial charge is 0.478 e. The number of carbonyl (C=O) groups excluding carboxylic acids is 1. The maximum absolute atomic E-state index is 13.2. The smallest absolute Gasteiger partial charge is 0.335 e. The molecule has 0 spiro atoms. The minimum absolute atomic E-state index is 0.0204. The summed E-state index contributed by atoms with van der Waals surface area (Å²) in [5.41, 5.74) is 0.192. The van der Waals surface area contributed by atoms with Crippen LogP contribution in [0.1, 0.15) is 20.7 Å². The summed E-state index contributed by atoms with van der Waals surface area (Å²) in [6.45, 7) is 0. The number of amides is 1. The van der Waals surface area contributed by atoms with Gasteiger partial charge in [-0.3, -0.25) is 4.79 Å². The zero-order valence-electron chi connectivity index (χ0n) is 10.4. The zero-order chi connectivity index (χ0) is 15.6. The lowest BCUT2D eigenvalue weighted by Gasteiger charge is -2.09. The van der Waals surface area contributed by atoms with E-state index in [1.165, 1.54) is 30.3 Å². The lowest BCUT2D eigenvalue weighted by atomic mass is 10.1. The fourth-order valence-electron chi connectivity index (χ4n) is 1.62. The van der Waals surface area contributed by atoms with Crippen LogP contribution in [0.4, 0.5) is 10.1 Å². The van der Waals surface area contributed by atoms with Crippen molar-refractivity contribution >= 4 is 45.1 Å². The third-order valence-corrected chi connectivity index (χ3v) is 3.66. The summed E-state index contributed by atoms with van der Waals surface area (Å²) in [5, 5.41) is 11.6. The van der Waals surface area contributed by atoms with E-state index < -0.39 is 17.7 Å². The summed E-state index contributed by atoms with van der Waals surface area (Å²) in [4.78, 5) is 23.0. The minimum Gasteiger partial charge on any atom is -0.478 e. The molecule has 2 rings (SSSR count). The molecule has 2 aromatic carbocycles. The molecule has 0 atom stereocenters. The van der Waals surface area contributed by atoms with Crippen molar-refractivity contribution < 1.29 is 19.1 Å². The number of halogens is 3. The highest BCUT2D eigenvalue weighted by Gasteiger charge is 2.14. The van der Waals surface area contributed by atoms with Crippen LogP contribution in [-0.4, -0.2) is 17.0 Å². The van der Waals surface area contributed by atoms with Crippen LogP contribution in [0.5, 0.6) is 0 Å². The van der Waals surface area contributed by atoms with E-state index >= 15 is 0 Å². The molecule has 0 saturated heterocycles. The van der Waals surface area contributed by atoms with Crippen LogP contribution in [0.25, 0.3) is 0 Å². The van der Waals surface area contributed by atoms with E-state index in [9.17, 15) is 14.0 Å². The molecular formula is C14H8BrClFNO3. The molecule has 2 N–H and O–H groups in total. The maximum atomic E-state index is 13.2. The van der Waals surface area contributed by atoms with Gasteiger partial charge in [0, 0.05) is 4.47 Å². The van der Waals surface area contributed by atoms with Gasteiger partial charge < -0.3 is 10.4 Å². The topological polar surface area (TPSA) is 66.4 Å². The predicted octanol–water partition coefficient (Wildman–Crippen LogP) is 4.19. The molecule has 1 amide bonds. The Morgan fingerprint density at radius 3 is 2.57 bits per heavy atom. The monoisotopic (exact) mass is 371 g/mol. The summed E-state index contributed by atoms with van der Waals surface area (Å²) in [7, 11) is 0. The van der Waals surface area contributed by atoms with E-state index in [1.807, 2.05) is 0 Å². The van der Waals surface area contributed by atoms with Crippen LogP contribution in [0.2, 0.25) is 5.02 Å². The quantitative estimate of drug-likeness (QED) is 0.849. The average Bonchev–Trinajstić information content (AvgIpc) is 2.43. The van der Waals surface area contributed by atoms with Crippen LogP contribution >= 0.6 is 27.5 Å². The van der Waals surface area contributed by atoms with Crippen LogP contribution in [0.3, 0.4) is 0 Å². The van der Waals surface area contributed by atoms with Crippen LogP contribution in [-0.2, 0) is 0 Å². The number of aromatic carboxylic acids is 1.